The van der Waals surface area contributed by atoms with E-state index in [1.807, 2.05) is 84.4 Å². The van der Waals surface area contributed by atoms with Crippen LogP contribution < -0.4 is 4.74 Å². The van der Waals surface area contributed by atoms with Gasteiger partial charge >= 0.3 is 0 Å². The highest BCUT2D eigenvalue weighted by molar-refractivity contribution is 6.32. The summed E-state index contributed by atoms with van der Waals surface area (Å²) in [5.74, 6) is 1.27. The number of hydrogen-bond donors (Lipinski definition) is 0. The van der Waals surface area contributed by atoms with Gasteiger partial charge in [-0.15, -0.1) is 0 Å². The fourth-order valence-electron chi connectivity index (χ4n) is 3.89. The first-order chi connectivity index (χ1) is 15.8. The lowest BCUT2D eigenvalue weighted by Crippen LogP contribution is -2.29. The first-order valence-electron chi connectivity index (χ1n) is 10.7. The fraction of sp³-hybridized carbons (Fsp3) is 0.185. The van der Waals surface area contributed by atoms with Gasteiger partial charge in [0, 0.05) is 18.0 Å². The van der Waals surface area contributed by atoms with E-state index in [4.69, 9.17) is 21.1 Å². The molecular weight excluding hydrogens is 436 g/mol. The SMILES string of the molecule is Cc1ccc(C2=C(c3ccc(OCc4cn5cc(Cl)ccc5n4)cc3)C(=O)C(C)(C)O2)cc1. The molecular formula is C27H23ClN2O3. The van der Waals surface area contributed by atoms with Gasteiger partial charge in [-0.2, -0.15) is 0 Å². The Bertz CT molecular complexity index is 1380. The Hall–Kier alpha value is -3.57. The number of pyridine rings is 1. The zero-order valence-electron chi connectivity index (χ0n) is 18.6. The minimum atomic E-state index is -0.906. The highest BCUT2D eigenvalue weighted by Crippen LogP contribution is 2.41. The Morgan fingerprint density at radius 1 is 0.970 bits per heavy atom. The molecule has 0 radical (unpaired) electrons. The molecule has 1 aliphatic heterocycles. The molecule has 0 N–H and O–H groups in total. The number of Topliss-reactive ketones (excluding diaryl/α,β-unsaturated/α-hetero) is 1. The maximum atomic E-state index is 13.1. The van der Waals surface area contributed by atoms with Crippen LogP contribution in [0.5, 0.6) is 5.75 Å². The summed E-state index contributed by atoms with van der Waals surface area (Å²) in [5.41, 5.74) is 4.14. The van der Waals surface area contributed by atoms with Gasteiger partial charge in [-0.25, -0.2) is 4.98 Å². The maximum absolute atomic E-state index is 13.1. The van der Waals surface area contributed by atoms with Crippen molar-refractivity contribution in [3.05, 3.63) is 100 Å². The van der Waals surface area contributed by atoms with Crippen LogP contribution >= 0.6 is 11.6 Å². The van der Waals surface area contributed by atoms with Crippen molar-refractivity contribution < 1.29 is 14.3 Å². The maximum Gasteiger partial charge on any atom is 0.210 e. The predicted octanol–water partition coefficient (Wildman–Crippen LogP) is 6.12. The predicted molar refractivity (Wildman–Crippen MR) is 129 cm³/mol. The monoisotopic (exact) mass is 458 g/mol. The third-order valence-corrected chi connectivity index (χ3v) is 5.89. The van der Waals surface area contributed by atoms with Crippen LogP contribution in [0.4, 0.5) is 0 Å². The number of rotatable bonds is 5. The van der Waals surface area contributed by atoms with Gasteiger partial charge in [0.15, 0.2) is 5.60 Å². The topological polar surface area (TPSA) is 52.8 Å². The Balaban J connectivity index is 1.39. The number of benzene rings is 2. The fourth-order valence-corrected chi connectivity index (χ4v) is 4.06. The van der Waals surface area contributed by atoms with Gasteiger partial charge in [0.05, 0.1) is 16.3 Å². The molecule has 5 rings (SSSR count). The average molecular weight is 459 g/mol. The third kappa shape index (κ3) is 4.12. The van der Waals surface area contributed by atoms with E-state index in [0.29, 0.717) is 28.7 Å². The van der Waals surface area contributed by atoms with Crippen LogP contribution in [-0.4, -0.2) is 20.8 Å². The molecule has 0 fully saturated rings. The molecule has 6 heteroatoms. The van der Waals surface area contributed by atoms with E-state index >= 15 is 0 Å². The van der Waals surface area contributed by atoms with Gasteiger partial charge in [-0.3, -0.25) is 4.79 Å². The van der Waals surface area contributed by atoms with Crippen molar-refractivity contribution >= 4 is 34.4 Å². The second kappa shape index (κ2) is 8.09. The third-order valence-electron chi connectivity index (χ3n) is 5.67. The molecule has 0 atom stereocenters. The molecule has 4 aromatic rings. The van der Waals surface area contributed by atoms with Crippen LogP contribution in [0.2, 0.25) is 5.02 Å². The molecule has 0 spiro atoms. The van der Waals surface area contributed by atoms with E-state index < -0.39 is 5.60 Å². The van der Waals surface area contributed by atoms with Gasteiger partial charge in [0.25, 0.3) is 0 Å². The Labute approximate surface area is 197 Å². The van der Waals surface area contributed by atoms with Crippen LogP contribution in [0.3, 0.4) is 0 Å². The van der Waals surface area contributed by atoms with Crippen molar-refractivity contribution in [3.63, 3.8) is 0 Å². The normalized spacial score (nSPS) is 15.2. The van der Waals surface area contributed by atoms with E-state index in [-0.39, 0.29) is 5.78 Å². The molecule has 5 nitrogen and oxygen atoms in total. The van der Waals surface area contributed by atoms with Gasteiger partial charge in [-0.05, 0) is 50.6 Å². The van der Waals surface area contributed by atoms with E-state index in [1.54, 1.807) is 13.8 Å². The minimum absolute atomic E-state index is 0.0323. The van der Waals surface area contributed by atoms with Gasteiger partial charge in [-0.1, -0.05) is 53.6 Å². The summed E-state index contributed by atoms with van der Waals surface area (Å²) in [4.78, 5) is 17.7. The standard InChI is InChI=1S/C27H23ClN2O3/c1-17-4-6-19(7-5-17)25-24(26(31)27(2,3)33-25)18-8-11-22(12-9-18)32-16-21-15-30-14-20(28)10-13-23(30)29-21/h4-15H,16H2,1-3H3. The van der Waals surface area contributed by atoms with E-state index in [2.05, 4.69) is 4.98 Å². The second-order valence-corrected chi connectivity index (χ2v) is 9.11. The van der Waals surface area contributed by atoms with Crippen molar-refractivity contribution in [2.45, 2.75) is 33.0 Å². The number of fused-ring (bicyclic) bond motifs is 1. The largest absolute Gasteiger partial charge is 0.487 e. The number of ketones is 1. The Kier molecular flexibility index (Phi) is 5.22. The Morgan fingerprint density at radius 3 is 2.39 bits per heavy atom. The highest BCUT2D eigenvalue weighted by atomic mass is 35.5. The van der Waals surface area contributed by atoms with Gasteiger partial charge in [0.1, 0.15) is 23.8 Å². The number of nitrogens with zero attached hydrogens (tertiary/aromatic N) is 2. The molecule has 0 saturated carbocycles. The molecule has 33 heavy (non-hydrogen) atoms. The first-order valence-corrected chi connectivity index (χ1v) is 11.1. The number of ether oxygens (including phenoxy) is 2. The molecule has 2 aromatic heterocycles. The Morgan fingerprint density at radius 2 is 1.67 bits per heavy atom. The van der Waals surface area contributed by atoms with Crippen LogP contribution in [0, 0.1) is 6.92 Å². The quantitative estimate of drug-likeness (QED) is 0.361. The molecule has 0 bridgehead atoms. The lowest BCUT2D eigenvalue weighted by molar-refractivity contribution is -0.125. The average Bonchev–Trinajstić information content (AvgIpc) is 3.30. The molecule has 0 amide bonds. The van der Waals surface area contributed by atoms with Crippen LogP contribution in [0.25, 0.3) is 17.0 Å². The van der Waals surface area contributed by atoms with Gasteiger partial charge in [0.2, 0.25) is 5.78 Å². The number of aryl methyl sites for hydroxylation is 1. The van der Waals surface area contributed by atoms with Crippen molar-refractivity contribution in [1.29, 1.82) is 0 Å². The lowest BCUT2D eigenvalue weighted by atomic mass is 9.92. The number of hydrogen-bond acceptors (Lipinski definition) is 4. The summed E-state index contributed by atoms with van der Waals surface area (Å²) in [6.07, 6.45) is 3.70. The summed E-state index contributed by atoms with van der Waals surface area (Å²) in [5, 5.41) is 0.649. The van der Waals surface area contributed by atoms with Crippen molar-refractivity contribution in [2.24, 2.45) is 0 Å². The highest BCUT2D eigenvalue weighted by Gasteiger charge is 2.42. The number of halogens is 1. The molecule has 1 aliphatic rings. The number of imidazole rings is 1. The van der Waals surface area contributed by atoms with E-state index in [1.165, 1.54) is 0 Å². The van der Waals surface area contributed by atoms with Crippen molar-refractivity contribution in [2.75, 3.05) is 0 Å². The molecule has 3 heterocycles. The summed E-state index contributed by atoms with van der Waals surface area (Å²) >= 11 is 6.04. The van der Waals surface area contributed by atoms with E-state index in [0.717, 1.165) is 28.0 Å². The summed E-state index contributed by atoms with van der Waals surface area (Å²) in [6.45, 7) is 5.96. The van der Waals surface area contributed by atoms with Crippen LogP contribution in [-0.2, 0) is 16.1 Å². The molecule has 2 aromatic carbocycles. The first kappa shape index (κ1) is 21.3. The zero-order valence-corrected chi connectivity index (χ0v) is 19.4. The summed E-state index contributed by atoms with van der Waals surface area (Å²) in [7, 11) is 0. The second-order valence-electron chi connectivity index (χ2n) is 8.67. The summed E-state index contributed by atoms with van der Waals surface area (Å²) < 4.78 is 13.9. The lowest BCUT2D eigenvalue weighted by Gasteiger charge is -2.17. The molecule has 0 saturated heterocycles. The van der Waals surface area contributed by atoms with E-state index in [9.17, 15) is 4.79 Å². The summed E-state index contributed by atoms with van der Waals surface area (Å²) in [6, 6.07) is 19.2. The van der Waals surface area contributed by atoms with Gasteiger partial charge < -0.3 is 13.9 Å². The van der Waals surface area contributed by atoms with Crippen LogP contribution in [0.1, 0.15) is 36.2 Å². The molecule has 166 valence electrons. The van der Waals surface area contributed by atoms with Crippen molar-refractivity contribution in [1.82, 2.24) is 9.38 Å². The van der Waals surface area contributed by atoms with Crippen molar-refractivity contribution in [3.8, 4) is 5.75 Å². The number of carbonyl (C=O) groups excluding carboxylic acids is 1. The molecule has 0 aliphatic carbocycles. The zero-order chi connectivity index (χ0) is 23.2. The minimum Gasteiger partial charge on any atom is -0.487 e. The number of aromatic nitrogens is 2. The molecule has 0 unspecified atom stereocenters. The number of carbonyl (C=O) groups is 1. The van der Waals surface area contributed by atoms with Crippen LogP contribution in [0.15, 0.2) is 73.1 Å². The smallest absolute Gasteiger partial charge is 0.210 e.